The van der Waals surface area contributed by atoms with Crippen LogP contribution in [0, 0.1) is 11.8 Å². The molecule has 0 aliphatic heterocycles. The maximum atomic E-state index is 12.8. The number of aliphatic hydroxyl groups excluding tert-OH is 1. The van der Waals surface area contributed by atoms with E-state index in [1.54, 1.807) is 0 Å². The molecule has 65 heavy (non-hydrogen) atoms. The molecule has 0 saturated heterocycles. The molecule has 0 atom stereocenters. The molecular formula is C56H110N2O7. The van der Waals surface area contributed by atoms with Crippen molar-refractivity contribution in [2.75, 3.05) is 79.0 Å². The number of hydrogen-bond acceptors (Lipinski definition) is 9. The molecule has 1 aliphatic carbocycles. The number of hydrogen-bond donors (Lipinski definition) is 1. The highest BCUT2D eigenvalue weighted by atomic mass is 16.5. The SMILES string of the molecule is CCCCCCCCC(CCCCCCCC)COC(=O)CCOCCN(CCOCCC(=O)OCC(CCCCCCCC)CCCCCCCC)CCN(CCO)C1CCCCC1. The van der Waals surface area contributed by atoms with Crippen LogP contribution in [0.15, 0.2) is 0 Å². The predicted molar refractivity (Wildman–Crippen MR) is 274 cm³/mol. The average Bonchev–Trinajstić information content (AvgIpc) is 3.32. The van der Waals surface area contributed by atoms with Crippen LogP contribution in [0.25, 0.3) is 0 Å². The summed E-state index contributed by atoms with van der Waals surface area (Å²) in [5.41, 5.74) is 0. The molecule has 9 nitrogen and oxygen atoms in total. The second kappa shape index (κ2) is 47.8. The first-order valence-corrected chi connectivity index (χ1v) is 28.5. The van der Waals surface area contributed by atoms with E-state index in [1.165, 1.54) is 186 Å². The maximum Gasteiger partial charge on any atom is 0.308 e. The number of esters is 2. The van der Waals surface area contributed by atoms with Gasteiger partial charge >= 0.3 is 11.9 Å². The van der Waals surface area contributed by atoms with Crippen LogP contribution in [-0.2, 0) is 28.5 Å². The molecule has 1 aliphatic rings. The lowest BCUT2D eigenvalue weighted by Gasteiger charge is -2.35. The Morgan fingerprint density at radius 2 is 0.831 bits per heavy atom. The van der Waals surface area contributed by atoms with Crippen LogP contribution in [0.1, 0.15) is 252 Å². The highest BCUT2D eigenvalue weighted by molar-refractivity contribution is 5.69. The van der Waals surface area contributed by atoms with Gasteiger partial charge in [-0.25, -0.2) is 0 Å². The van der Waals surface area contributed by atoms with E-state index in [1.807, 2.05) is 0 Å². The first-order valence-electron chi connectivity index (χ1n) is 28.5. The summed E-state index contributed by atoms with van der Waals surface area (Å²) in [5, 5.41) is 9.89. The Morgan fingerprint density at radius 3 is 1.20 bits per heavy atom. The molecule has 1 saturated carbocycles. The molecule has 0 spiro atoms. The van der Waals surface area contributed by atoms with Gasteiger partial charge < -0.3 is 24.1 Å². The van der Waals surface area contributed by atoms with E-state index >= 15 is 0 Å². The minimum absolute atomic E-state index is 0.150. The van der Waals surface area contributed by atoms with Gasteiger partial charge in [-0.15, -0.1) is 0 Å². The van der Waals surface area contributed by atoms with E-state index in [4.69, 9.17) is 18.9 Å². The van der Waals surface area contributed by atoms with Gasteiger partial charge in [0.25, 0.3) is 0 Å². The first kappa shape index (κ1) is 61.8. The molecule has 9 heteroatoms. The average molecular weight is 924 g/mol. The van der Waals surface area contributed by atoms with Gasteiger partial charge in [0, 0.05) is 38.8 Å². The molecule has 0 bridgehead atoms. The smallest absolute Gasteiger partial charge is 0.308 e. The fourth-order valence-corrected chi connectivity index (χ4v) is 9.60. The zero-order chi connectivity index (χ0) is 47.1. The first-order chi connectivity index (χ1) is 32.0. The normalized spacial score (nSPS) is 13.6. The summed E-state index contributed by atoms with van der Waals surface area (Å²) in [4.78, 5) is 30.5. The van der Waals surface area contributed by atoms with Gasteiger partial charge in [0.1, 0.15) is 0 Å². The Kier molecular flexibility index (Phi) is 45.4. The fourth-order valence-electron chi connectivity index (χ4n) is 9.60. The molecule has 0 aromatic heterocycles. The number of nitrogens with zero attached hydrogens (tertiary/aromatic N) is 2. The molecule has 0 aromatic rings. The number of carbonyl (C=O) groups is 2. The minimum atomic E-state index is -0.150. The zero-order valence-corrected chi connectivity index (χ0v) is 43.8. The van der Waals surface area contributed by atoms with Crippen LogP contribution in [-0.4, -0.2) is 112 Å². The van der Waals surface area contributed by atoms with Crippen molar-refractivity contribution >= 4 is 11.9 Å². The van der Waals surface area contributed by atoms with E-state index in [-0.39, 0.29) is 31.4 Å². The monoisotopic (exact) mass is 923 g/mol. The third kappa shape index (κ3) is 39.3. The lowest BCUT2D eigenvalue weighted by Crippen LogP contribution is -2.44. The van der Waals surface area contributed by atoms with E-state index in [0.717, 1.165) is 51.9 Å². The maximum absolute atomic E-state index is 12.8. The van der Waals surface area contributed by atoms with Crippen molar-refractivity contribution in [1.29, 1.82) is 0 Å². The summed E-state index contributed by atoms with van der Waals surface area (Å²) in [7, 11) is 0. The quantitative estimate of drug-likeness (QED) is 0.0472. The van der Waals surface area contributed by atoms with Gasteiger partial charge in [0.15, 0.2) is 0 Å². The van der Waals surface area contributed by atoms with Crippen molar-refractivity contribution in [1.82, 2.24) is 9.80 Å². The highest BCUT2D eigenvalue weighted by Gasteiger charge is 2.22. The third-order valence-electron chi connectivity index (χ3n) is 14.0. The van der Waals surface area contributed by atoms with E-state index < -0.39 is 0 Å². The third-order valence-corrected chi connectivity index (χ3v) is 14.0. The second-order valence-corrected chi connectivity index (χ2v) is 19.9. The molecule has 0 aromatic carbocycles. The fraction of sp³-hybridized carbons (Fsp3) is 0.964. The highest BCUT2D eigenvalue weighted by Crippen LogP contribution is 2.24. The van der Waals surface area contributed by atoms with Crippen molar-refractivity contribution in [3.63, 3.8) is 0 Å². The summed E-state index contributed by atoms with van der Waals surface area (Å²) in [6.07, 6.45) is 42.5. The molecule has 1 N–H and O–H groups in total. The number of ether oxygens (including phenoxy) is 4. The van der Waals surface area contributed by atoms with Crippen LogP contribution in [0.2, 0.25) is 0 Å². The summed E-state index contributed by atoms with van der Waals surface area (Å²) < 4.78 is 23.8. The van der Waals surface area contributed by atoms with Crippen LogP contribution in [0.5, 0.6) is 0 Å². The lowest BCUT2D eigenvalue weighted by molar-refractivity contribution is -0.147. The molecule has 386 valence electrons. The van der Waals surface area contributed by atoms with Gasteiger partial charge in [0.2, 0.25) is 0 Å². The van der Waals surface area contributed by atoms with Gasteiger partial charge in [0.05, 0.1) is 59.1 Å². The Balaban J connectivity index is 2.57. The largest absolute Gasteiger partial charge is 0.465 e. The summed E-state index contributed by atoms with van der Waals surface area (Å²) in [5.74, 6) is 0.625. The van der Waals surface area contributed by atoms with Gasteiger partial charge in [-0.3, -0.25) is 19.4 Å². The Morgan fingerprint density at radius 1 is 0.462 bits per heavy atom. The molecule has 0 amide bonds. The minimum Gasteiger partial charge on any atom is -0.465 e. The van der Waals surface area contributed by atoms with Crippen molar-refractivity contribution in [3.8, 4) is 0 Å². The van der Waals surface area contributed by atoms with Crippen molar-refractivity contribution in [3.05, 3.63) is 0 Å². The topological polar surface area (TPSA) is 97.8 Å². The summed E-state index contributed by atoms with van der Waals surface area (Å²) in [6.45, 7) is 16.0. The summed E-state index contributed by atoms with van der Waals surface area (Å²) >= 11 is 0. The van der Waals surface area contributed by atoms with Gasteiger partial charge in [-0.1, -0.05) is 201 Å². The summed E-state index contributed by atoms with van der Waals surface area (Å²) in [6, 6.07) is 0.537. The second-order valence-electron chi connectivity index (χ2n) is 19.9. The number of unbranched alkanes of at least 4 members (excludes halogenated alkanes) is 20. The van der Waals surface area contributed by atoms with Crippen molar-refractivity contribution in [2.24, 2.45) is 11.8 Å². The molecule has 1 fully saturated rings. The van der Waals surface area contributed by atoms with Gasteiger partial charge in [-0.05, 0) is 50.4 Å². The zero-order valence-electron chi connectivity index (χ0n) is 43.8. The molecule has 0 heterocycles. The number of carbonyl (C=O) groups excluding carboxylic acids is 2. The van der Waals surface area contributed by atoms with Crippen molar-refractivity contribution in [2.45, 2.75) is 258 Å². The molecular weight excluding hydrogens is 813 g/mol. The van der Waals surface area contributed by atoms with E-state index in [2.05, 4.69) is 37.5 Å². The number of aliphatic hydroxyl groups is 1. The molecule has 0 unspecified atom stereocenters. The standard InChI is InChI=1S/C56H110N2O7/c1-5-9-13-17-21-26-32-52(33-27-22-18-14-10-6-2)50-64-55(60)38-46-62-48-43-57(40-41-58(42-45-59)54-36-30-25-31-37-54)44-49-63-47-39-56(61)65-51-53(34-28-23-19-15-11-7-3)35-29-24-20-16-12-8-4/h52-54,59H,5-51H2,1-4H3. The van der Waals surface area contributed by atoms with Gasteiger partial charge in [-0.2, -0.15) is 0 Å². The molecule has 1 rings (SSSR count). The Hall–Kier alpha value is -1.26. The van der Waals surface area contributed by atoms with E-state index in [9.17, 15) is 14.7 Å². The lowest BCUT2D eigenvalue weighted by atomic mass is 9.94. The van der Waals surface area contributed by atoms with Crippen molar-refractivity contribution < 1.29 is 33.6 Å². The van der Waals surface area contributed by atoms with E-state index in [0.29, 0.717) is 64.1 Å². The molecule has 0 radical (unpaired) electrons. The Bertz CT molecular complexity index is 917. The predicted octanol–water partition coefficient (Wildman–Crippen LogP) is 14.0. The van der Waals surface area contributed by atoms with Crippen LogP contribution < -0.4 is 0 Å². The van der Waals surface area contributed by atoms with Crippen LogP contribution >= 0.6 is 0 Å². The van der Waals surface area contributed by atoms with Crippen LogP contribution in [0.4, 0.5) is 0 Å². The number of rotatable bonds is 50. The Labute approximate surface area is 403 Å². The van der Waals surface area contributed by atoms with Crippen LogP contribution in [0.3, 0.4) is 0 Å².